The molecule has 1 aromatic heterocycles. The summed E-state index contributed by atoms with van der Waals surface area (Å²) in [5, 5.41) is 6.58. The first kappa shape index (κ1) is 16.9. The fourth-order valence-corrected chi connectivity index (χ4v) is 3.75. The predicted octanol–water partition coefficient (Wildman–Crippen LogP) is 1.61. The minimum absolute atomic E-state index is 0.0664. The van der Waals surface area contributed by atoms with Crippen LogP contribution in [0.25, 0.3) is 0 Å². The van der Waals surface area contributed by atoms with Crippen LogP contribution in [0, 0.1) is 12.8 Å². The fraction of sp³-hybridized carbons (Fsp3) is 0.765. The van der Waals surface area contributed by atoms with Crippen molar-refractivity contribution >= 4 is 11.8 Å². The lowest BCUT2D eigenvalue weighted by Gasteiger charge is -2.35. The Bertz CT molecular complexity index is 580. The highest BCUT2D eigenvalue weighted by Gasteiger charge is 2.34. The smallest absolute Gasteiger partial charge is 0.243 e. The van der Waals surface area contributed by atoms with Crippen molar-refractivity contribution in [2.75, 3.05) is 13.1 Å². The summed E-state index contributed by atoms with van der Waals surface area (Å²) in [6, 6.07) is -0.544. The van der Waals surface area contributed by atoms with E-state index in [2.05, 4.69) is 15.5 Å². The number of nitrogens with zero attached hydrogens (tertiary/aromatic N) is 3. The average molecular weight is 334 g/mol. The summed E-state index contributed by atoms with van der Waals surface area (Å²) < 4.78 is 5.12. The molecular formula is C17H26N4O3. The van der Waals surface area contributed by atoms with Crippen molar-refractivity contribution in [3.8, 4) is 0 Å². The molecule has 1 aromatic rings. The first-order valence-electron chi connectivity index (χ1n) is 9.00. The van der Waals surface area contributed by atoms with Crippen LogP contribution in [0.3, 0.4) is 0 Å². The van der Waals surface area contributed by atoms with Gasteiger partial charge >= 0.3 is 0 Å². The number of piperazine rings is 1. The van der Waals surface area contributed by atoms with Crippen LogP contribution in [0.15, 0.2) is 4.52 Å². The second-order valence-corrected chi connectivity index (χ2v) is 6.88. The molecule has 0 bridgehead atoms. The molecule has 0 radical (unpaired) electrons. The second-order valence-electron chi connectivity index (χ2n) is 6.88. The topological polar surface area (TPSA) is 88.3 Å². The van der Waals surface area contributed by atoms with Crippen LogP contribution in [-0.2, 0) is 16.0 Å². The van der Waals surface area contributed by atoms with Crippen molar-refractivity contribution < 1.29 is 14.1 Å². The third-order valence-electron chi connectivity index (χ3n) is 5.08. The Labute approximate surface area is 142 Å². The predicted molar refractivity (Wildman–Crippen MR) is 87.1 cm³/mol. The van der Waals surface area contributed by atoms with E-state index in [-0.39, 0.29) is 18.2 Å². The molecule has 1 saturated heterocycles. The lowest BCUT2D eigenvalue weighted by molar-refractivity contribution is -0.143. The Morgan fingerprint density at radius 1 is 1.33 bits per heavy atom. The van der Waals surface area contributed by atoms with Gasteiger partial charge in [0.2, 0.25) is 17.7 Å². The quantitative estimate of drug-likeness (QED) is 0.884. The van der Waals surface area contributed by atoms with Gasteiger partial charge < -0.3 is 14.7 Å². The Morgan fingerprint density at radius 2 is 2.12 bits per heavy atom. The zero-order valence-corrected chi connectivity index (χ0v) is 14.3. The molecular weight excluding hydrogens is 308 g/mol. The zero-order chi connectivity index (χ0) is 16.9. The van der Waals surface area contributed by atoms with Gasteiger partial charge in [0.25, 0.3) is 0 Å². The maximum atomic E-state index is 12.7. The number of aryl methyl sites for hydroxylation is 1. The minimum Gasteiger partial charge on any atom is -0.353 e. The molecule has 1 aliphatic heterocycles. The molecule has 24 heavy (non-hydrogen) atoms. The van der Waals surface area contributed by atoms with Crippen LogP contribution >= 0.6 is 0 Å². The van der Waals surface area contributed by atoms with Crippen LogP contribution < -0.4 is 5.32 Å². The van der Waals surface area contributed by atoms with E-state index in [1.807, 2.05) is 0 Å². The van der Waals surface area contributed by atoms with Crippen molar-refractivity contribution in [3.63, 3.8) is 0 Å². The average Bonchev–Trinajstić information content (AvgIpc) is 3.00. The Balaban J connectivity index is 1.59. The number of carbonyl (C=O) groups is 2. The van der Waals surface area contributed by atoms with Gasteiger partial charge in [-0.25, -0.2) is 0 Å². The van der Waals surface area contributed by atoms with E-state index in [1.165, 1.54) is 32.1 Å². The molecule has 1 saturated carbocycles. The van der Waals surface area contributed by atoms with Gasteiger partial charge in [0.15, 0.2) is 5.82 Å². The molecule has 0 aromatic carbocycles. The number of aromatic nitrogens is 2. The van der Waals surface area contributed by atoms with E-state index in [0.29, 0.717) is 37.1 Å². The molecule has 132 valence electrons. The van der Waals surface area contributed by atoms with Gasteiger partial charge in [0.1, 0.15) is 6.04 Å². The van der Waals surface area contributed by atoms with E-state index in [1.54, 1.807) is 11.8 Å². The monoisotopic (exact) mass is 334 g/mol. The molecule has 0 spiro atoms. The van der Waals surface area contributed by atoms with Gasteiger partial charge in [-0.2, -0.15) is 4.98 Å². The van der Waals surface area contributed by atoms with Crippen molar-refractivity contribution in [2.24, 2.45) is 5.92 Å². The second kappa shape index (κ2) is 7.77. The summed E-state index contributed by atoms with van der Waals surface area (Å²) in [6.07, 6.45) is 8.09. The molecule has 1 unspecified atom stereocenters. The molecule has 1 N–H and O–H groups in total. The first-order chi connectivity index (χ1) is 11.6. The van der Waals surface area contributed by atoms with E-state index in [4.69, 9.17) is 4.52 Å². The summed E-state index contributed by atoms with van der Waals surface area (Å²) in [6.45, 7) is 2.79. The van der Waals surface area contributed by atoms with Gasteiger partial charge in [0.05, 0.1) is 6.42 Å². The number of carbonyl (C=O) groups excluding carboxylic acids is 2. The summed E-state index contributed by atoms with van der Waals surface area (Å²) in [7, 11) is 0. The molecule has 7 nitrogen and oxygen atoms in total. The molecule has 2 aliphatic rings. The van der Waals surface area contributed by atoms with Gasteiger partial charge in [0, 0.05) is 19.5 Å². The van der Waals surface area contributed by atoms with E-state index in [0.717, 1.165) is 6.42 Å². The highest BCUT2D eigenvalue weighted by atomic mass is 16.5. The van der Waals surface area contributed by atoms with Crippen molar-refractivity contribution in [2.45, 2.75) is 64.3 Å². The van der Waals surface area contributed by atoms with Crippen molar-refractivity contribution in [1.29, 1.82) is 0 Å². The highest BCUT2D eigenvalue weighted by Crippen LogP contribution is 2.27. The largest absolute Gasteiger partial charge is 0.353 e. The van der Waals surface area contributed by atoms with E-state index >= 15 is 0 Å². The molecule has 2 amide bonds. The lowest BCUT2D eigenvalue weighted by atomic mass is 9.86. The standard InChI is InChI=1S/C17H26N4O3/c1-12-19-15(24-20-12)11-14-17(23)18-9-10-21(14)16(22)8-7-13-5-3-2-4-6-13/h13-14H,2-11H2,1H3,(H,18,23). The Kier molecular flexibility index (Phi) is 5.48. The van der Waals surface area contributed by atoms with Crippen LogP contribution in [0.2, 0.25) is 0 Å². The first-order valence-corrected chi connectivity index (χ1v) is 9.00. The lowest BCUT2D eigenvalue weighted by Crippen LogP contribution is -2.58. The highest BCUT2D eigenvalue weighted by molar-refractivity contribution is 5.89. The maximum Gasteiger partial charge on any atom is 0.243 e. The van der Waals surface area contributed by atoms with Crippen LogP contribution in [0.1, 0.15) is 56.7 Å². The molecule has 2 fully saturated rings. The fourth-order valence-electron chi connectivity index (χ4n) is 3.75. The van der Waals surface area contributed by atoms with Crippen molar-refractivity contribution in [3.05, 3.63) is 11.7 Å². The third-order valence-corrected chi connectivity index (χ3v) is 5.08. The molecule has 1 atom stereocenters. The van der Waals surface area contributed by atoms with E-state index in [9.17, 15) is 9.59 Å². The summed E-state index contributed by atoms with van der Waals surface area (Å²) in [5.41, 5.74) is 0. The maximum absolute atomic E-state index is 12.7. The van der Waals surface area contributed by atoms with Crippen molar-refractivity contribution in [1.82, 2.24) is 20.4 Å². The summed E-state index contributed by atoms with van der Waals surface area (Å²) in [5.74, 6) is 1.54. The normalized spacial score (nSPS) is 22.5. The summed E-state index contributed by atoms with van der Waals surface area (Å²) in [4.78, 5) is 30.8. The van der Waals surface area contributed by atoms with Gasteiger partial charge in [-0.1, -0.05) is 37.3 Å². The van der Waals surface area contributed by atoms with Gasteiger partial charge in [-0.3, -0.25) is 9.59 Å². The minimum atomic E-state index is -0.544. The molecule has 3 rings (SSSR count). The molecule has 7 heteroatoms. The van der Waals surface area contributed by atoms with Crippen LogP contribution in [0.4, 0.5) is 0 Å². The number of nitrogens with one attached hydrogen (secondary N) is 1. The Morgan fingerprint density at radius 3 is 2.83 bits per heavy atom. The number of hydrogen-bond donors (Lipinski definition) is 1. The number of rotatable bonds is 5. The van der Waals surface area contributed by atoms with Gasteiger partial charge in [-0.15, -0.1) is 0 Å². The number of amides is 2. The molecule has 2 heterocycles. The number of hydrogen-bond acceptors (Lipinski definition) is 5. The van der Waals surface area contributed by atoms with Crippen LogP contribution in [-0.4, -0.2) is 46.0 Å². The van der Waals surface area contributed by atoms with Crippen LogP contribution in [0.5, 0.6) is 0 Å². The SMILES string of the molecule is Cc1noc(CC2C(=O)NCCN2C(=O)CCC2CCCCC2)n1. The van der Waals surface area contributed by atoms with Gasteiger partial charge in [-0.05, 0) is 19.3 Å². The van der Waals surface area contributed by atoms with E-state index < -0.39 is 6.04 Å². The zero-order valence-electron chi connectivity index (χ0n) is 14.3. The summed E-state index contributed by atoms with van der Waals surface area (Å²) >= 11 is 0. The Hall–Kier alpha value is -1.92. The third kappa shape index (κ3) is 4.13. The molecule has 1 aliphatic carbocycles.